The SMILES string of the molecule is C=C(COC1C[C@@H](O)C(O)C(C(=O)O)O1)NC[C@H](N)C=O. The van der Waals surface area contributed by atoms with Gasteiger partial charge in [-0.3, -0.25) is 0 Å². The average molecular weight is 304 g/mol. The van der Waals surface area contributed by atoms with Gasteiger partial charge in [-0.1, -0.05) is 6.58 Å². The van der Waals surface area contributed by atoms with E-state index in [4.69, 9.17) is 20.3 Å². The van der Waals surface area contributed by atoms with Crippen LogP contribution in [0.1, 0.15) is 6.42 Å². The monoisotopic (exact) mass is 304 g/mol. The lowest BCUT2D eigenvalue weighted by molar-refractivity contribution is -0.249. The van der Waals surface area contributed by atoms with Crippen LogP contribution in [0.3, 0.4) is 0 Å². The van der Waals surface area contributed by atoms with Gasteiger partial charge in [-0.15, -0.1) is 0 Å². The maximum absolute atomic E-state index is 10.9. The number of ether oxygens (including phenoxy) is 2. The number of carboxylic acid groups (broad SMARTS) is 1. The Morgan fingerprint density at radius 1 is 1.57 bits per heavy atom. The van der Waals surface area contributed by atoms with Crippen molar-refractivity contribution in [3.8, 4) is 0 Å². The maximum atomic E-state index is 10.9. The predicted molar refractivity (Wildman–Crippen MR) is 70.1 cm³/mol. The Hall–Kier alpha value is -1.52. The fourth-order valence-electron chi connectivity index (χ4n) is 1.70. The van der Waals surface area contributed by atoms with E-state index in [-0.39, 0.29) is 19.6 Å². The van der Waals surface area contributed by atoms with Crippen LogP contribution in [0.15, 0.2) is 12.3 Å². The molecule has 0 aromatic rings. The van der Waals surface area contributed by atoms with Crippen molar-refractivity contribution < 1.29 is 34.4 Å². The van der Waals surface area contributed by atoms with E-state index in [0.29, 0.717) is 12.0 Å². The molecular weight excluding hydrogens is 284 g/mol. The molecule has 0 aromatic carbocycles. The lowest BCUT2D eigenvalue weighted by atomic mass is 10.0. The molecule has 1 rings (SSSR count). The number of carbonyl (C=O) groups is 2. The molecule has 0 radical (unpaired) electrons. The molecular formula is C12H20N2O7. The number of nitrogens with one attached hydrogen (secondary N) is 1. The molecule has 9 nitrogen and oxygen atoms in total. The Labute approximate surface area is 121 Å². The normalized spacial score (nSPS) is 30.4. The third-order valence-corrected chi connectivity index (χ3v) is 2.89. The molecule has 0 saturated carbocycles. The van der Waals surface area contributed by atoms with E-state index in [1.54, 1.807) is 0 Å². The Balaban J connectivity index is 2.39. The number of aliphatic carboxylic acids is 1. The van der Waals surface area contributed by atoms with Crippen molar-refractivity contribution in [2.45, 2.75) is 37.1 Å². The predicted octanol–water partition coefficient (Wildman–Crippen LogP) is -2.45. The highest BCUT2D eigenvalue weighted by Crippen LogP contribution is 2.21. The van der Waals surface area contributed by atoms with Crippen LogP contribution in [-0.2, 0) is 19.1 Å². The minimum absolute atomic E-state index is 0.0224. The fourth-order valence-corrected chi connectivity index (χ4v) is 1.70. The van der Waals surface area contributed by atoms with Crippen molar-refractivity contribution >= 4 is 12.3 Å². The average Bonchev–Trinajstić information content (AvgIpc) is 2.45. The van der Waals surface area contributed by atoms with E-state index in [2.05, 4.69) is 11.9 Å². The van der Waals surface area contributed by atoms with Gasteiger partial charge in [0.2, 0.25) is 0 Å². The van der Waals surface area contributed by atoms with E-state index in [0.717, 1.165) is 0 Å². The van der Waals surface area contributed by atoms with Crippen LogP contribution in [0.2, 0.25) is 0 Å². The van der Waals surface area contributed by atoms with Crippen LogP contribution < -0.4 is 11.1 Å². The molecule has 5 atom stereocenters. The molecule has 1 fully saturated rings. The van der Waals surface area contributed by atoms with Crippen molar-refractivity contribution in [1.82, 2.24) is 5.32 Å². The Morgan fingerprint density at radius 2 is 2.24 bits per heavy atom. The first-order chi connectivity index (χ1) is 9.85. The van der Waals surface area contributed by atoms with Gasteiger partial charge >= 0.3 is 5.97 Å². The van der Waals surface area contributed by atoms with Crippen LogP contribution in [0.5, 0.6) is 0 Å². The first-order valence-electron chi connectivity index (χ1n) is 6.33. The second-order valence-corrected chi connectivity index (χ2v) is 4.71. The van der Waals surface area contributed by atoms with E-state index in [1.165, 1.54) is 0 Å². The summed E-state index contributed by atoms with van der Waals surface area (Å²) in [6.07, 6.45) is -4.78. The Kier molecular flexibility index (Phi) is 6.72. The van der Waals surface area contributed by atoms with Crippen molar-refractivity contribution in [2.75, 3.05) is 13.2 Å². The summed E-state index contributed by atoms with van der Waals surface area (Å²) in [6.45, 7) is 3.81. The summed E-state index contributed by atoms with van der Waals surface area (Å²) < 4.78 is 10.3. The van der Waals surface area contributed by atoms with E-state index in [9.17, 15) is 19.8 Å². The van der Waals surface area contributed by atoms with Gasteiger partial charge in [-0.05, 0) is 0 Å². The highest BCUT2D eigenvalue weighted by molar-refractivity contribution is 5.73. The summed E-state index contributed by atoms with van der Waals surface area (Å²) in [5.41, 5.74) is 5.80. The summed E-state index contributed by atoms with van der Waals surface area (Å²) in [7, 11) is 0. The molecule has 0 bridgehead atoms. The van der Waals surface area contributed by atoms with Gasteiger partial charge in [-0.25, -0.2) is 4.79 Å². The van der Waals surface area contributed by atoms with Crippen LogP contribution in [-0.4, -0.2) is 71.4 Å². The number of aldehydes is 1. The fraction of sp³-hybridized carbons (Fsp3) is 0.667. The number of carboxylic acids is 1. The lowest BCUT2D eigenvalue weighted by Gasteiger charge is -2.34. The quantitative estimate of drug-likeness (QED) is 0.308. The third-order valence-electron chi connectivity index (χ3n) is 2.89. The van der Waals surface area contributed by atoms with Gasteiger partial charge in [0.05, 0.1) is 18.8 Å². The van der Waals surface area contributed by atoms with E-state index < -0.39 is 36.6 Å². The molecule has 6 N–H and O–H groups in total. The van der Waals surface area contributed by atoms with E-state index >= 15 is 0 Å². The largest absolute Gasteiger partial charge is 0.479 e. The summed E-state index contributed by atoms with van der Waals surface area (Å²) in [5.74, 6) is -1.39. The van der Waals surface area contributed by atoms with Crippen LogP contribution in [0.4, 0.5) is 0 Å². The molecule has 1 saturated heterocycles. The zero-order valence-corrected chi connectivity index (χ0v) is 11.3. The summed E-state index contributed by atoms with van der Waals surface area (Å²) in [6, 6.07) is -0.666. The molecule has 1 aliphatic rings. The first kappa shape index (κ1) is 17.5. The van der Waals surface area contributed by atoms with Gasteiger partial charge < -0.3 is 40.6 Å². The Bertz CT molecular complexity index is 390. The molecule has 120 valence electrons. The maximum Gasteiger partial charge on any atom is 0.335 e. The molecule has 0 amide bonds. The first-order valence-corrected chi connectivity index (χ1v) is 6.33. The van der Waals surface area contributed by atoms with Crippen molar-refractivity contribution in [3.63, 3.8) is 0 Å². The zero-order chi connectivity index (χ0) is 16.0. The lowest BCUT2D eigenvalue weighted by Crippen LogP contribution is -2.52. The molecule has 0 aliphatic carbocycles. The van der Waals surface area contributed by atoms with Gasteiger partial charge in [0.25, 0.3) is 0 Å². The van der Waals surface area contributed by atoms with Gasteiger partial charge in [0.1, 0.15) is 12.4 Å². The number of rotatable bonds is 8. The summed E-state index contributed by atoms with van der Waals surface area (Å²) in [5, 5.41) is 30.7. The molecule has 21 heavy (non-hydrogen) atoms. The second kappa shape index (κ2) is 8.05. The van der Waals surface area contributed by atoms with Crippen LogP contribution >= 0.6 is 0 Å². The van der Waals surface area contributed by atoms with Gasteiger partial charge in [-0.2, -0.15) is 0 Å². The van der Waals surface area contributed by atoms with E-state index in [1.807, 2.05) is 0 Å². The molecule has 0 aromatic heterocycles. The number of hydrogen-bond donors (Lipinski definition) is 5. The number of aliphatic hydroxyl groups is 2. The number of carbonyl (C=O) groups excluding carboxylic acids is 1. The highest BCUT2D eigenvalue weighted by Gasteiger charge is 2.41. The molecule has 1 aliphatic heterocycles. The zero-order valence-electron chi connectivity index (χ0n) is 11.3. The molecule has 9 heteroatoms. The number of aliphatic hydroxyl groups excluding tert-OH is 2. The number of nitrogens with two attached hydrogens (primary N) is 1. The Morgan fingerprint density at radius 3 is 2.81 bits per heavy atom. The minimum atomic E-state index is -1.55. The smallest absolute Gasteiger partial charge is 0.335 e. The topological polar surface area (TPSA) is 151 Å². The standard InChI is InChI=1S/C12H20N2O7/c1-6(14-3-7(13)4-15)5-20-9-2-8(16)10(17)11(21-9)12(18)19/h4,7-11,14,16-17H,1-3,5,13H2,(H,18,19)/t7-,8+,9?,10?,11?/m0/s1. The minimum Gasteiger partial charge on any atom is -0.479 e. The van der Waals surface area contributed by atoms with Crippen molar-refractivity contribution in [2.24, 2.45) is 5.73 Å². The molecule has 0 spiro atoms. The molecule has 1 heterocycles. The number of hydrogen-bond acceptors (Lipinski definition) is 8. The van der Waals surface area contributed by atoms with Crippen LogP contribution in [0.25, 0.3) is 0 Å². The third kappa shape index (κ3) is 5.40. The highest BCUT2D eigenvalue weighted by atomic mass is 16.7. The summed E-state index contributed by atoms with van der Waals surface area (Å²) >= 11 is 0. The van der Waals surface area contributed by atoms with Crippen molar-refractivity contribution in [1.29, 1.82) is 0 Å². The molecule has 3 unspecified atom stereocenters. The van der Waals surface area contributed by atoms with Crippen molar-refractivity contribution in [3.05, 3.63) is 12.3 Å². The van der Waals surface area contributed by atoms with Gasteiger partial charge in [0.15, 0.2) is 12.4 Å². The summed E-state index contributed by atoms with van der Waals surface area (Å²) in [4.78, 5) is 21.2. The second-order valence-electron chi connectivity index (χ2n) is 4.71. The van der Waals surface area contributed by atoms with Crippen LogP contribution in [0, 0.1) is 0 Å². The van der Waals surface area contributed by atoms with Gasteiger partial charge in [0, 0.05) is 18.7 Å².